The number of nitrogens with one attached hydrogen (secondary N) is 2. The van der Waals surface area contributed by atoms with Crippen LogP contribution in [0.5, 0.6) is 0 Å². The van der Waals surface area contributed by atoms with Crippen molar-refractivity contribution in [2.45, 2.75) is 46.1 Å². The monoisotopic (exact) mass is 212 g/mol. The lowest BCUT2D eigenvalue weighted by Crippen LogP contribution is -2.48. The van der Waals surface area contributed by atoms with Gasteiger partial charge in [0.15, 0.2) is 0 Å². The maximum absolute atomic E-state index is 11.8. The van der Waals surface area contributed by atoms with Crippen molar-refractivity contribution in [1.82, 2.24) is 10.6 Å². The lowest BCUT2D eigenvalue weighted by atomic mass is 9.94. The number of hydrogen-bond donors (Lipinski definition) is 2. The Balaban J connectivity index is 2.21. The molecule has 0 radical (unpaired) electrons. The van der Waals surface area contributed by atoms with Crippen LogP contribution < -0.4 is 10.6 Å². The number of piperidine rings is 1. The van der Waals surface area contributed by atoms with Crippen molar-refractivity contribution in [2.24, 2.45) is 11.8 Å². The van der Waals surface area contributed by atoms with Crippen LogP contribution in [0.25, 0.3) is 0 Å². The summed E-state index contributed by atoms with van der Waals surface area (Å²) in [7, 11) is 0. The van der Waals surface area contributed by atoms with Crippen LogP contribution in [0.2, 0.25) is 0 Å². The highest BCUT2D eigenvalue weighted by molar-refractivity contribution is 5.81. The molecule has 1 saturated heterocycles. The minimum absolute atomic E-state index is 0.0425. The minimum Gasteiger partial charge on any atom is -0.355 e. The lowest BCUT2D eigenvalue weighted by molar-refractivity contribution is -0.124. The molecule has 0 spiro atoms. The Morgan fingerprint density at radius 3 is 2.87 bits per heavy atom. The summed E-state index contributed by atoms with van der Waals surface area (Å²) in [5.74, 6) is 1.51. The quantitative estimate of drug-likeness (QED) is 0.742. The highest BCUT2D eigenvalue weighted by Crippen LogP contribution is 2.14. The number of hydrogen-bond acceptors (Lipinski definition) is 2. The third-order valence-corrected chi connectivity index (χ3v) is 3.00. The molecule has 0 aromatic heterocycles. The molecular formula is C12H24N2O. The number of carbonyl (C=O) groups excluding carboxylic acids is 1. The van der Waals surface area contributed by atoms with Crippen molar-refractivity contribution in [3.63, 3.8) is 0 Å². The van der Waals surface area contributed by atoms with Gasteiger partial charge in [-0.2, -0.15) is 0 Å². The Bertz CT molecular complexity index is 204. The normalized spacial score (nSPS) is 26.7. The summed E-state index contributed by atoms with van der Waals surface area (Å²) >= 11 is 0. The molecule has 15 heavy (non-hydrogen) atoms. The van der Waals surface area contributed by atoms with Crippen molar-refractivity contribution < 1.29 is 4.79 Å². The van der Waals surface area contributed by atoms with Gasteiger partial charge in [-0.3, -0.25) is 4.79 Å². The van der Waals surface area contributed by atoms with Gasteiger partial charge in [0.1, 0.15) is 0 Å². The van der Waals surface area contributed by atoms with Gasteiger partial charge in [0.05, 0.1) is 6.04 Å². The predicted molar refractivity (Wildman–Crippen MR) is 62.7 cm³/mol. The van der Waals surface area contributed by atoms with Gasteiger partial charge >= 0.3 is 0 Å². The van der Waals surface area contributed by atoms with Crippen molar-refractivity contribution in [3.8, 4) is 0 Å². The largest absolute Gasteiger partial charge is 0.355 e. The lowest BCUT2D eigenvalue weighted by Gasteiger charge is -2.27. The molecule has 88 valence electrons. The zero-order valence-electron chi connectivity index (χ0n) is 10.2. The smallest absolute Gasteiger partial charge is 0.237 e. The van der Waals surface area contributed by atoms with Crippen molar-refractivity contribution in [1.29, 1.82) is 0 Å². The second kappa shape index (κ2) is 6.11. The molecule has 1 aliphatic rings. The maximum atomic E-state index is 11.8. The first-order chi connectivity index (χ1) is 7.09. The van der Waals surface area contributed by atoms with Gasteiger partial charge in [0.25, 0.3) is 0 Å². The molecule has 2 unspecified atom stereocenters. The molecular weight excluding hydrogens is 188 g/mol. The van der Waals surface area contributed by atoms with E-state index in [2.05, 4.69) is 31.4 Å². The Labute approximate surface area is 93.0 Å². The Kier molecular flexibility index (Phi) is 5.09. The highest BCUT2D eigenvalue weighted by Gasteiger charge is 2.23. The Morgan fingerprint density at radius 1 is 1.53 bits per heavy atom. The predicted octanol–water partition coefficient (Wildman–Crippen LogP) is 1.54. The van der Waals surface area contributed by atoms with Crippen LogP contribution in [-0.4, -0.2) is 25.0 Å². The summed E-state index contributed by atoms with van der Waals surface area (Å²) in [6.45, 7) is 8.35. The molecule has 0 aromatic carbocycles. The molecule has 1 rings (SSSR count). The molecule has 3 heteroatoms. The number of rotatable bonds is 4. The molecule has 1 aliphatic heterocycles. The van der Waals surface area contributed by atoms with Crippen LogP contribution in [0.4, 0.5) is 0 Å². The molecule has 0 aliphatic carbocycles. The van der Waals surface area contributed by atoms with E-state index in [1.807, 2.05) is 0 Å². The average molecular weight is 212 g/mol. The van der Waals surface area contributed by atoms with E-state index in [0.29, 0.717) is 11.8 Å². The molecule has 2 N–H and O–H groups in total. The van der Waals surface area contributed by atoms with Gasteiger partial charge in [-0.1, -0.05) is 20.8 Å². The van der Waals surface area contributed by atoms with E-state index in [9.17, 15) is 4.79 Å². The van der Waals surface area contributed by atoms with E-state index in [1.165, 1.54) is 6.42 Å². The third-order valence-electron chi connectivity index (χ3n) is 3.00. The van der Waals surface area contributed by atoms with Crippen LogP contribution >= 0.6 is 0 Å². The molecule has 3 nitrogen and oxygen atoms in total. The van der Waals surface area contributed by atoms with E-state index in [-0.39, 0.29) is 11.9 Å². The SMILES string of the molecule is CC(C)CCNC(=O)C1CC(C)CCN1. The fourth-order valence-electron chi connectivity index (χ4n) is 1.91. The minimum atomic E-state index is 0.0425. The first-order valence-electron chi connectivity index (χ1n) is 6.10. The van der Waals surface area contributed by atoms with Crippen LogP contribution in [-0.2, 0) is 4.79 Å². The average Bonchev–Trinajstić information content (AvgIpc) is 2.17. The summed E-state index contributed by atoms with van der Waals surface area (Å²) in [5.41, 5.74) is 0. The van der Waals surface area contributed by atoms with E-state index in [1.54, 1.807) is 0 Å². The Morgan fingerprint density at radius 2 is 2.27 bits per heavy atom. The molecule has 0 bridgehead atoms. The van der Waals surface area contributed by atoms with Crippen molar-refractivity contribution in [3.05, 3.63) is 0 Å². The molecule has 2 atom stereocenters. The van der Waals surface area contributed by atoms with Gasteiger partial charge in [-0.25, -0.2) is 0 Å². The van der Waals surface area contributed by atoms with E-state index < -0.39 is 0 Å². The fraction of sp³-hybridized carbons (Fsp3) is 0.917. The van der Waals surface area contributed by atoms with Crippen LogP contribution in [0, 0.1) is 11.8 Å². The molecule has 0 saturated carbocycles. The molecule has 0 aromatic rings. The summed E-state index contributed by atoms with van der Waals surface area (Å²) in [4.78, 5) is 11.8. The van der Waals surface area contributed by atoms with Crippen LogP contribution in [0.15, 0.2) is 0 Å². The molecule has 1 fully saturated rings. The van der Waals surface area contributed by atoms with E-state index >= 15 is 0 Å². The van der Waals surface area contributed by atoms with Crippen LogP contribution in [0.1, 0.15) is 40.0 Å². The third kappa shape index (κ3) is 4.65. The van der Waals surface area contributed by atoms with E-state index in [0.717, 1.165) is 25.9 Å². The second-order valence-corrected chi connectivity index (χ2v) is 5.11. The zero-order valence-corrected chi connectivity index (χ0v) is 10.2. The zero-order chi connectivity index (χ0) is 11.3. The molecule has 1 heterocycles. The van der Waals surface area contributed by atoms with Gasteiger partial charge in [0.2, 0.25) is 5.91 Å². The van der Waals surface area contributed by atoms with Gasteiger partial charge < -0.3 is 10.6 Å². The molecule has 1 amide bonds. The van der Waals surface area contributed by atoms with Gasteiger partial charge in [0, 0.05) is 6.54 Å². The Hall–Kier alpha value is -0.570. The number of amides is 1. The number of carbonyl (C=O) groups is 1. The summed E-state index contributed by atoms with van der Waals surface area (Å²) in [6.07, 6.45) is 3.23. The summed E-state index contributed by atoms with van der Waals surface area (Å²) in [5, 5.41) is 6.28. The summed E-state index contributed by atoms with van der Waals surface area (Å²) in [6, 6.07) is 0.0425. The highest BCUT2D eigenvalue weighted by atomic mass is 16.2. The van der Waals surface area contributed by atoms with Crippen molar-refractivity contribution >= 4 is 5.91 Å². The maximum Gasteiger partial charge on any atom is 0.237 e. The van der Waals surface area contributed by atoms with Crippen LogP contribution in [0.3, 0.4) is 0 Å². The van der Waals surface area contributed by atoms with Gasteiger partial charge in [-0.15, -0.1) is 0 Å². The first-order valence-corrected chi connectivity index (χ1v) is 6.10. The first kappa shape index (κ1) is 12.5. The summed E-state index contributed by atoms with van der Waals surface area (Å²) < 4.78 is 0. The standard InChI is InChI=1S/C12H24N2O/c1-9(2)4-6-14-12(15)11-8-10(3)5-7-13-11/h9-11,13H,4-8H2,1-3H3,(H,14,15). The second-order valence-electron chi connectivity index (χ2n) is 5.11. The van der Waals surface area contributed by atoms with Crippen molar-refractivity contribution in [2.75, 3.05) is 13.1 Å². The fourth-order valence-corrected chi connectivity index (χ4v) is 1.91. The topological polar surface area (TPSA) is 41.1 Å². The van der Waals surface area contributed by atoms with Gasteiger partial charge in [-0.05, 0) is 37.6 Å². The van der Waals surface area contributed by atoms with E-state index in [4.69, 9.17) is 0 Å².